The van der Waals surface area contributed by atoms with Gasteiger partial charge >= 0.3 is 5.97 Å². The Morgan fingerprint density at radius 1 is 0.952 bits per heavy atom. The number of amides is 1. The van der Waals surface area contributed by atoms with Crippen molar-refractivity contribution in [2.45, 2.75) is 46.6 Å². The third-order valence-electron chi connectivity index (χ3n) is 3.67. The maximum atomic E-state index is 12.0. The lowest BCUT2D eigenvalue weighted by Gasteiger charge is -2.16. The van der Waals surface area contributed by atoms with E-state index in [1.807, 2.05) is 31.2 Å². The largest absolute Gasteiger partial charge is 0.478 e. The molecule has 4 heteroatoms. The Bertz CT molecular complexity index is 556. The fourth-order valence-corrected chi connectivity index (χ4v) is 1.89. The van der Waals surface area contributed by atoms with Crippen LogP contribution in [0.25, 0.3) is 0 Å². The zero-order valence-corrected chi connectivity index (χ0v) is 13.2. The molecule has 0 radical (unpaired) electrons. The number of hydrogen-bond donors (Lipinski definition) is 2. The minimum Gasteiger partial charge on any atom is -0.478 e. The molecule has 0 spiro atoms. The van der Waals surface area contributed by atoms with Crippen LogP contribution in [0.5, 0.6) is 0 Å². The minimum absolute atomic E-state index is 0.0647. The summed E-state index contributed by atoms with van der Waals surface area (Å²) >= 11 is 0. The Hall–Kier alpha value is -2.10. The topological polar surface area (TPSA) is 66.4 Å². The van der Waals surface area contributed by atoms with E-state index in [1.165, 1.54) is 19.4 Å². The predicted octanol–water partition coefficient (Wildman–Crippen LogP) is 3.41. The van der Waals surface area contributed by atoms with Gasteiger partial charge in [0.1, 0.15) is 0 Å². The van der Waals surface area contributed by atoms with Gasteiger partial charge in [0.25, 0.3) is 0 Å². The molecule has 1 aromatic carbocycles. The fourth-order valence-electron chi connectivity index (χ4n) is 1.89. The van der Waals surface area contributed by atoms with Crippen molar-refractivity contribution in [3.63, 3.8) is 0 Å². The van der Waals surface area contributed by atoms with Gasteiger partial charge in [0.2, 0.25) is 5.91 Å². The van der Waals surface area contributed by atoms with Crippen LogP contribution in [0, 0.1) is 0 Å². The van der Waals surface area contributed by atoms with Crippen LogP contribution < -0.4 is 5.32 Å². The Morgan fingerprint density at radius 3 is 1.86 bits per heavy atom. The normalized spacial score (nSPS) is 13.6. The molecular formula is C17H23NO3. The molecule has 0 bridgehead atoms. The molecule has 0 aliphatic rings. The number of benzene rings is 1. The first-order valence-corrected chi connectivity index (χ1v) is 7.05. The van der Waals surface area contributed by atoms with Crippen LogP contribution in [-0.4, -0.2) is 17.0 Å². The number of aliphatic carboxylic acids is 1. The zero-order chi connectivity index (χ0) is 16.2. The van der Waals surface area contributed by atoms with Crippen molar-refractivity contribution in [2.75, 3.05) is 0 Å². The van der Waals surface area contributed by atoms with Crippen molar-refractivity contribution in [3.05, 3.63) is 46.5 Å². The highest BCUT2D eigenvalue weighted by molar-refractivity contribution is 6.01. The van der Waals surface area contributed by atoms with E-state index >= 15 is 0 Å². The molecule has 1 atom stereocenters. The Labute approximate surface area is 125 Å². The molecule has 0 aliphatic heterocycles. The first-order chi connectivity index (χ1) is 9.73. The lowest BCUT2D eigenvalue weighted by Crippen LogP contribution is -2.28. The van der Waals surface area contributed by atoms with E-state index < -0.39 is 5.97 Å². The second kappa shape index (κ2) is 7.07. The molecule has 114 valence electrons. The third kappa shape index (κ3) is 4.45. The van der Waals surface area contributed by atoms with Crippen molar-refractivity contribution >= 4 is 11.9 Å². The van der Waals surface area contributed by atoms with Crippen molar-refractivity contribution in [2.24, 2.45) is 0 Å². The highest BCUT2D eigenvalue weighted by Gasteiger charge is 2.15. The fraction of sp³-hybridized carbons (Fsp3) is 0.412. The van der Waals surface area contributed by atoms with Gasteiger partial charge < -0.3 is 10.4 Å². The molecule has 1 unspecified atom stereocenters. The average molecular weight is 289 g/mol. The quantitative estimate of drug-likeness (QED) is 0.816. The lowest BCUT2D eigenvalue weighted by molar-refractivity contribution is -0.133. The van der Waals surface area contributed by atoms with Crippen molar-refractivity contribution in [1.82, 2.24) is 5.32 Å². The van der Waals surface area contributed by atoms with Crippen molar-refractivity contribution < 1.29 is 14.7 Å². The van der Waals surface area contributed by atoms with Gasteiger partial charge in [-0.1, -0.05) is 38.1 Å². The smallest absolute Gasteiger partial charge is 0.331 e. The van der Waals surface area contributed by atoms with Crippen LogP contribution in [0.3, 0.4) is 0 Å². The molecule has 4 nitrogen and oxygen atoms in total. The Kier molecular flexibility index (Phi) is 5.70. The van der Waals surface area contributed by atoms with Gasteiger partial charge in [-0.05, 0) is 37.8 Å². The van der Waals surface area contributed by atoms with Crippen molar-refractivity contribution in [3.8, 4) is 0 Å². The summed E-state index contributed by atoms with van der Waals surface area (Å²) in [7, 11) is 0. The number of carboxylic acid groups (broad SMARTS) is 1. The standard InChI is InChI=1S/C17H23NO3/c1-10(2)14-6-8-15(9-7-14)13(5)18-16(19)11(3)12(4)17(20)21/h6-10,13H,1-5H3,(H,18,19)(H,20,21). The molecule has 2 N–H and O–H groups in total. The van der Waals surface area contributed by atoms with Crippen LogP contribution in [0.4, 0.5) is 0 Å². The Balaban J connectivity index is 2.81. The number of carbonyl (C=O) groups excluding carboxylic acids is 1. The number of nitrogens with one attached hydrogen (secondary N) is 1. The summed E-state index contributed by atoms with van der Waals surface area (Å²) in [4.78, 5) is 22.9. The summed E-state index contributed by atoms with van der Waals surface area (Å²) < 4.78 is 0. The lowest BCUT2D eigenvalue weighted by atomic mass is 9.99. The van der Waals surface area contributed by atoms with Gasteiger partial charge in [-0.25, -0.2) is 4.79 Å². The molecular weight excluding hydrogens is 266 g/mol. The van der Waals surface area contributed by atoms with E-state index in [9.17, 15) is 9.59 Å². The molecule has 0 aliphatic carbocycles. The Morgan fingerprint density at radius 2 is 1.43 bits per heavy atom. The molecule has 0 fully saturated rings. The molecule has 1 amide bonds. The maximum absolute atomic E-state index is 12.0. The van der Waals surface area contributed by atoms with E-state index in [4.69, 9.17) is 5.11 Å². The molecule has 0 saturated carbocycles. The molecule has 1 rings (SSSR count). The summed E-state index contributed by atoms with van der Waals surface area (Å²) in [6, 6.07) is 7.91. The second-order valence-corrected chi connectivity index (χ2v) is 5.57. The highest BCUT2D eigenvalue weighted by atomic mass is 16.4. The van der Waals surface area contributed by atoms with Crippen molar-refractivity contribution in [1.29, 1.82) is 0 Å². The monoisotopic (exact) mass is 289 g/mol. The minimum atomic E-state index is -1.07. The maximum Gasteiger partial charge on any atom is 0.331 e. The number of rotatable bonds is 5. The first kappa shape index (κ1) is 17.0. The van der Waals surface area contributed by atoms with E-state index in [-0.39, 0.29) is 23.1 Å². The van der Waals surface area contributed by atoms with Gasteiger partial charge in [-0.15, -0.1) is 0 Å². The van der Waals surface area contributed by atoms with Gasteiger partial charge in [-0.3, -0.25) is 4.79 Å². The van der Waals surface area contributed by atoms with Gasteiger partial charge in [0.05, 0.1) is 6.04 Å². The summed E-state index contributed by atoms with van der Waals surface area (Å²) in [6.45, 7) is 9.09. The SMILES string of the molecule is CC(C(=O)O)=C(C)C(=O)NC(C)c1ccc(C(C)C)cc1. The average Bonchev–Trinajstić information content (AvgIpc) is 2.45. The summed E-state index contributed by atoms with van der Waals surface area (Å²) in [5, 5.41) is 11.7. The van der Waals surface area contributed by atoms with E-state index in [0.717, 1.165) is 5.56 Å². The first-order valence-electron chi connectivity index (χ1n) is 7.05. The third-order valence-corrected chi connectivity index (χ3v) is 3.67. The van der Waals surface area contributed by atoms with E-state index in [2.05, 4.69) is 19.2 Å². The molecule has 0 saturated heterocycles. The van der Waals surface area contributed by atoms with E-state index in [1.54, 1.807) is 0 Å². The van der Waals surface area contributed by atoms with Crippen LogP contribution in [0.15, 0.2) is 35.4 Å². The highest BCUT2D eigenvalue weighted by Crippen LogP contribution is 2.19. The van der Waals surface area contributed by atoms with E-state index in [0.29, 0.717) is 5.92 Å². The summed E-state index contributed by atoms with van der Waals surface area (Å²) in [5.74, 6) is -0.959. The van der Waals surface area contributed by atoms with Crippen LogP contribution >= 0.6 is 0 Å². The second-order valence-electron chi connectivity index (χ2n) is 5.57. The van der Waals surface area contributed by atoms with Crippen LogP contribution in [0.1, 0.15) is 57.7 Å². The number of carbonyl (C=O) groups is 2. The van der Waals surface area contributed by atoms with Crippen LogP contribution in [0.2, 0.25) is 0 Å². The number of carboxylic acids is 1. The summed E-state index contributed by atoms with van der Waals surface area (Å²) in [5.41, 5.74) is 2.53. The summed E-state index contributed by atoms with van der Waals surface area (Å²) in [6.07, 6.45) is 0. The van der Waals surface area contributed by atoms with Crippen LogP contribution in [-0.2, 0) is 9.59 Å². The van der Waals surface area contributed by atoms with Gasteiger partial charge in [0.15, 0.2) is 0 Å². The van der Waals surface area contributed by atoms with Gasteiger partial charge in [0, 0.05) is 11.1 Å². The predicted molar refractivity (Wildman–Crippen MR) is 83.1 cm³/mol. The molecule has 1 aromatic rings. The van der Waals surface area contributed by atoms with Gasteiger partial charge in [-0.2, -0.15) is 0 Å². The molecule has 0 aromatic heterocycles. The zero-order valence-electron chi connectivity index (χ0n) is 13.2. The number of hydrogen-bond acceptors (Lipinski definition) is 2. The molecule has 0 heterocycles. The molecule has 21 heavy (non-hydrogen) atoms.